The Labute approximate surface area is 83.6 Å². The van der Waals surface area contributed by atoms with Crippen molar-refractivity contribution in [3.8, 4) is 0 Å². The minimum Gasteiger partial charge on any atom is -0.217 e. The quantitative estimate of drug-likeness (QED) is 0.635. The summed E-state index contributed by atoms with van der Waals surface area (Å²) in [5.74, 6) is 0.116. The average Bonchev–Trinajstić information content (AvgIpc) is 2.19. The van der Waals surface area contributed by atoms with Crippen molar-refractivity contribution in [2.45, 2.75) is 26.2 Å². The number of sulfone groups is 1. The van der Waals surface area contributed by atoms with Crippen LogP contribution in [0.2, 0.25) is 0 Å². The molecule has 0 fully saturated rings. The zero-order valence-electron chi connectivity index (χ0n) is 8.05. The molecule has 14 heavy (non-hydrogen) atoms. The molecule has 1 radical (unpaired) electrons. The van der Waals surface area contributed by atoms with E-state index in [0.717, 1.165) is 12.8 Å². The van der Waals surface area contributed by atoms with E-state index in [-0.39, 0.29) is 10.9 Å². The van der Waals surface area contributed by atoms with Crippen molar-refractivity contribution in [3.63, 3.8) is 0 Å². The second kappa shape index (κ2) is 4.99. The highest BCUT2D eigenvalue weighted by Gasteiger charge is 2.26. The van der Waals surface area contributed by atoms with Crippen LogP contribution < -0.4 is 4.99 Å². The zero-order valence-corrected chi connectivity index (χ0v) is 8.87. The van der Waals surface area contributed by atoms with Gasteiger partial charge in [-0.2, -0.15) is 0 Å². The molecule has 0 saturated heterocycles. The molecule has 0 atom stereocenters. The Morgan fingerprint density at radius 2 is 2.21 bits per heavy atom. The zero-order chi connectivity index (χ0) is 10.4. The van der Waals surface area contributed by atoms with Gasteiger partial charge < -0.3 is 0 Å². The maximum Gasteiger partial charge on any atom is 0.393 e. The molecule has 1 aliphatic heterocycles. The summed E-state index contributed by atoms with van der Waals surface area (Å²) in [4.78, 5) is 10.8. The first-order valence-electron chi connectivity index (χ1n) is 4.51. The highest BCUT2D eigenvalue weighted by molar-refractivity contribution is 8.06. The van der Waals surface area contributed by atoms with Gasteiger partial charge in [-0.15, -0.1) is 0 Å². The SMILES string of the molecule is CCCCCS(=O)(=O)C1=NC=NC=[N+]1. The molecule has 1 aliphatic rings. The lowest BCUT2D eigenvalue weighted by atomic mass is 10.3. The van der Waals surface area contributed by atoms with E-state index in [0.29, 0.717) is 6.42 Å². The lowest BCUT2D eigenvalue weighted by molar-refractivity contribution is 0.601. The number of hydrogen-bond acceptors (Lipinski definition) is 5. The highest BCUT2D eigenvalue weighted by atomic mass is 32.2. The number of aliphatic imine (C=N–C) groups is 3. The number of hydrogen-bond donors (Lipinski definition) is 0. The maximum absolute atomic E-state index is 11.6. The molecule has 0 N–H and O–H groups in total. The van der Waals surface area contributed by atoms with E-state index < -0.39 is 9.84 Å². The van der Waals surface area contributed by atoms with Gasteiger partial charge in [0.15, 0.2) is 0 Å². The summed E-state index contributed by atoms with van der Waals surface area (Å²) in [5.41, 5.74) is 0. The van der Waals surface area contributed by atoms with Crippen LogP contribution in [0.5, 0.6) is 0 Å². The lowest BCUT2D eigenvalue weighted by Crippen LogP contribution is -2.24. The van der Waals surface area contributed by atoms with E-state index in [9.17, 15) is 8.42 Å². The van der Waals surface area contributed by atoms with Crippen LogP contribution in [0.25, 0.3) is 0 Å². The summed E-state index contributed by atoms with van der Waals surface area (Å²) in [6.45, 7) is 2.02. The summed E-state index contributed by atoms with van der Waals surface area (Å²) in [6, 6.07) is 0. The van der Waals surface area contributed by atoms with Gasteiger partial charge in [-0.05, 0) is 6.42 Å². The molecule has 0 bridgehead atoms. The van der Waals surface area contributed by atoms with E-state index in [1.54, 1.807) is 0 Å². The summed E-state index contributed by atoms with van der Waals surface area (Å²) < 4.78 is 23.1. The molecule has 0 aromatic carbocycles. The van der Waals surface area contributed by atoms with Crippen LogP contribution in [0.3, 0.4) is 0 Å². The molecule has 6 heteroatoms. The van der Waals surface area contributed by atoms with E-state index >= 15 is 0 Å². The van der Waals surface area contributed by atoms with Crippen LogP contribution in [0.1, 0.15) is 26.2 Å². The highest BCUT2D eigenvalue weighted by Crippen LogP contribution is 2.01. The predicted molar refractivity (Wildman–Crippen MR) is 57.4 cm³/mol. The molecule has 77 valence electrons. The van der Waals surface area contributed by atoms with Gasteiger partial charge in [0.1, 0.15) is 0 Å². The first-order valence-corrected chi connectivity index (χ1v) is 6.17. The predicted octanol–water partition coefficient (Wildman–Crippen LogP) is 0.353. The first kappa shape index (κ1) is 11.0. The Morgan fingerprint density at radius 1 is 1.43 bits per heavy atom. The molecular formula is C8H13N3O2S+. The molecule has 5 nitrogen and oxygen atoms in total. The molecule has 0 spiro atoms. The largest absolute Gasteiger partial charge is 0.393 e. The van der Waals surface area contributed by atoms with Gasteiger partial charge >= 0.3 is 5.17 Å². The fourth-order valence-corrected chi connectivity index (χ4v) is 2.20. The Balaban J connectivity index is 2.62. The van der Waals surface area contributed by atoms with Crippen molar-refractivity contribution in [3.05, 3.63) is 0 Å². The van der Waals surface area contributed by atoms with E-state index in [1.165, 1.54) is 12.7 Å². The second-order valence-electron chi connectivity index (χ2n) is 2.95. The Kier molecular flexibility index (Phi) is 3.94. The van der Waals surface area contributed by atoms with Gasteiger partial charge in [0.2, 0.25) is 9.84 Å². The molecule has 0 aromatic rings. The van der Waals surface area contributed by atoms with Crippen LogP contribution >= 0.6 is 0 Å². The topological polar surface area (TPSA) is 73.0 Å². The van der Waals surface area contributed by atoms with Gasteiger partial charge in [-0.3, -0.25) is 0 Å². The summed E-state index contributed by atoms with van der Waals surface area (Å²) in [5, 5.41) is -0.122. The smallest absolute Gasteiger partial charge is 0.217 e. The number of unbranched alkanes of at least 4 members (excludes halogenated alkanes) is 2. The van der Waals surface area contributed by atoms with Crippen LogP contribution in [-0.2, 0) is 9.84 Å². The first-order chi connectivity index (χ1) is 6.67. The van der Waals surface area contributed by atoms with Gasteiger partial charge in [0.05, 0.1) is 5.75 Å². The lowest BCUT2D eigenvalue weighted by Gasteiger charge is -1.97. The molecule has 0 amide bonds. The van der Waals surface area contributed by atoms with Crippen LogP contribution in [-0.4, -0.2) is 32.0 Å². The third-order valence-corrected chi connectivity index (χ3v) is 3.36. The fraction of sp³-hybridized carbons (Fsp3) is 0.625. The molecule has 0 unspecified atom stereocenters. The summed E-state index contributed by atoms with van der Waals surface area (Å²) in [6.07, 6.45) is 4.95. The van der Waals surface area contributed by atoms with Crippen molar-refractivity contribution in [1.82, 2.24) is 4.99 Å². The Bertz CT molecular complexity index is 368. The van der Waals surface area contributed by atoms with Crippen molar-refractivity contribution >= 4 is 27.7 Å². The van der Waals surface area contributed by atoms with Crippen molar-refractivity contribution in [2.75, 3.05) is 5.75 Å². The van der Waals surface area contributed by atoms with Gasteiger partial charge in [0.25, 0.3) is 12.7 Å². The molecule has 0 saturated carbocycles. The van der Waals surface area contributed by atoms with E-state index in [4.69, 9.17) is 0 Å². The molecule has 1 heterocycles. The molecule has 0 aliphatic carbocycles. The third kappa shape index (κ3) is 3.02. The third-order valence-electron chi connectivity index (χ3n) is 1.76. The summed E-state index contributed by atoms with van der Waals surface area (Å²) in [7, 11) is -3.29. The van der Waals surface area contributed by atoms with Gasteiger partial charge in [-0.25, -0.2) is 8.42 Å². The van der Waals surface area contributed by atoms with Crippen molar-refractivity contribution < 1.29 is 8.42 Å². The van der Waals surface area contributed by atoms with Gasteiger partial charge in [-0.1, -0.05) is 34.7 Å². The van der Waals surface area contributed by atoms with Crippen LogP contribution in [0.15, 0.2) is 9.98 Å². The Hall–Kier alpha value is -1.04. The second-order valence-corrected chi connectivity index (χ2v) is 4.95. The Morgan fingerprint density at radius 3 is 2.79 bits per heavy atom. The minimum atomic E-state index is -3.29. The van der Waals surface area contributed by atoms with Crippen molar-refractivity contribution in [2.24, 2.45) is 9.98 Å². The monoisotopic (exact) mass is 215 g/mol. The normalized spacial score (nSPS) is 15.6. The van der Waals surface area contributed by atoms with E-state index in [2.05, 4.69) is 15.0 Å². The number of nitrogens with zero attached hydrogens (tertiary/aromatic N) is 3. The van der Waals surface area contributed by atoms with Gasteiger partial charge in [0, 0.05) is 0 Å². The van der Waals surface area contributed by atoms with E-state index in [1.807, 2.05) is 6.92 Å². The maximum atomic E-state index is 11.6. The van der Waals surface area contributed by atoms with Crippen molar-refractivity contribution in [1.29, 1.82) is 0 Å². The van der Waals surface area contributed by atoms with Crippen LogP contribution in [0.4, 0.5) is 0 Å². The molecule has 0 aromatic heterocycles. The molecule has 1 rings (SSSR count). The van der Waals surface area contributed by atoms with Crippen LogP contribution in [0, 0.1) is 0 Å². The standard InChI is InChI=1S/C8H13N3O2S/c1-2-3-4-5-14(12,13)8-10-6-9-7-11-8/h6-7H,2-5H2,1H3/q+1. The summed E-state index contributed by atoms with van der Waals surface area (Å²) >= 11 is 0. The minimum absolute atomic E-state index is 0.116. The fourth-order valence-electron chi connectivity index (χ4n) is 1.02. The number of amidine groups is 1. The molecular weight excluding hydrogens is 202 g/mol. The average molecular weight is 215 g/mol. The number of rotatable bonds is 4.